The first-order valence-corrected chi connectivity index (χ1v) is 7.29. The van der Waals surface area contributed by atoms with Crippen LogP contribution in [0.5, 0.6) is 0 Å². The Kier molecular flexibility index (Phi) is 3.10. The number of aliphatic carboxylic acids is 1. The average molecular weight is 252 g/mol. The third-order valence-electron chi connectivity index (χ3n) is 5.57. The van der Waals surface area contributed by atoms with Gasteiger partial charge in [0.2, 0.25) is 0 Å². The monoisotopic (exact) mass is 252 g/mol. The quantitative estimate of drug-likeness (QED) is 0.792. The molecule has 0 aromatic heterocycles. The molecule has 0 aromatic rings. The summed E-state index contributed by atoms with van der Waals surface area (Å²) in [5.41, 5.74) is -0.486. The average Bonchev–Trinajstić information content (AvgIpc) is 2.24. The summed E-state index contributed by atoms with van der Waals surface area (Å²) >= 11 is 0. The zero-order chi connectivity index (χ0) is 12.8. The van der Waals surface area contributed by atoms with Crippen LogP contribution in [0.15, 0.2) is 0 Å². The Morgan fingerprint density at radius 3 is 2.61 bits per heavy atom. The largest absolute Gasteiger partial charge is 0.481 e. The van der Waals surface area contributed by atoms with Crippen LogP contribution in [0, 0.1) is 17.3 Å². The van der Waals surface area contributed by atoms with Gasteiger partial charge in [0.05, 0.1) is 5.41 Å². The summed E-state index contributed by atoms with van der Waals surface area (Å²) in [6, 6.07) is 0.283. The zero-order valence-electron chi connectivity index (χ0n) is 11.2. The molecule has 2 saturated heterocycles. The molecule has 2 heterocycles. The smallest absolute Gasteiger partial charge is 0.310 e. The summed E-state index contributed by atoms with van der Waals surface area (Å²) in [5.74, 6) is 1.02. The molecule has 0 spiro atoms. The summed E-state index contributed by atoms with van der Waals surface area (Å²) in [4.78, 5) is 13.9. The van der Waals surface area contributed by atoms with Crippen LogP contribution in [0.3, 0.4) is 0 Å². The SMILES string of the molecule is CC1(C(=O)O)CCC1N1CCCC(C2CNC2)C1. The van der Waals surface area contributed by atoms with E-state index in [1.807, 2.05) is 6.92 Å². The van der Waals surface area contributed by atoms with E-state index in [-0.39, 0.29) is 6.04 Å². The number of hydrogen-bond acceptors (Lipinski definition) is 3. The van der Waals surface area contributed by atoms with Crippen molar-refractivity contribution in [3.8, 4) is 0 Å². The fraction of sp³-hybridized carbons (Fsp3) is 0.929. The maximum atomic E-state index is 11.4. The number of carbonyl (C=O) groups is 1. The molecule has 18 heavy (non-hydrogen) atoms. The molecule has 4 nitrogen and oxygen atoms in total. The van der Waals surface area contributed by atoms with Crippen LogP contribution in [0.25, 0.3) is 0 Å². The van der Waals surface area contributed by atoms with Gasteiger partial charge in [-0.05, 0) is 64.1 Å². The van der Waals surface area contributed by atoms with Crippen molar-refractivity contribution < 1.29 is 9.90 Å². The number of rotatable bonds is 3. The lowest BCUT2D eigenvalue weighted by Gasteiger charge is -2.53. The highest BCUT2D eigenvalue weighted by Crippen LogP contribution is 2.45. The first kappa shape index (κ1) is 12.4. The van der Waals surface area contributed by atoms with Gasteiger partial charge in [0.1, 0.15) is 0 Å². The van der Waals surface area contributed by atoms with Gasteiger partial charge in [-0.15, -0.1) is 0 Å². The minimum Gasteiger partial charge on any atom is -0.481 e. The first-order chi connectivity index (χ1) is 8.61. The first-order valence-electron chi connectivity index (χ1n) is 7.29. The minimum absolute atomic E-state index is 0.283. The molecule has 1 aliphatic carbocycles. The molecule has 3 unspecified atom stereocenters. The highest BCUT2D eigenvalue weighted by Gasteiger charge is 2.52. The molecule has 3 fully saturated rings. The molecule has 3 rings (SSSR count). The van der Waals surface area contributed by atoms with Crippen LogP contribution in [-0.4, -0.2) is 48.2 Å². The summed E-state index contributed by atoms with van der Waals surface area (Å²) in [6.45, 7) is 6.49. The number of piperidine rings is 1. The molecule has 0 radical (unpaired) electrons. The normalized spacial score (nSPS) is 42.1. The predicted molar refractivity (Wildman–Crippen MR) is 69.4 cm³/mol. The van der Waals surface area contributed by atoms with E-state index in [1.165, 1.54) is 25.9 Å². The maximum Gasteiger partial charge on any atom is 0.310 e. The lowest BCUT2D eigenvalue weighted by atomic mass is 9.64. The van der Waals surface area contributed by atoms with Crippen molar-refractivity contribution in [2.24, 2.45) is 17.3 Å². The number of likely N-dealkylation sites (tertiary alicyclic amines) is 1. The van der Waals surface area contributed by atoms with E-state index in [1.54, 1.807) is 0 Å². The Morgan fingerprint density at radius 2 is 2.11 bits per heavy atom. The molecular weight excluding hydrogens is 228 g/mol. The van der Waals surface area contributed by atoms with Crippen LogP contribution < -0.4 is 5.32 Å². The lowest BCUT2D eigenvalue weighted by Crippen LogP contribution is -2.61. The number of hydrogen-bond donors (Lipinski definition) is 2. The van der Waals surface area contributed by atoms with Gasteiger partial charge in [0.15, 0.2) is 0 Å². The molecule has 3 atom stereocenters. The van der Waals surface area contributed by atoms with E-state index in [2.05, 4.69) is 10.2 Å². The molecule has 0 bridgehead atoms. The molecule has 2 aliphatic heterocycles. The topological polar surface area (TPSA) is 52.6 Å². The highest BCUT2D eigenvalue weighted by atomic mass is 16.4. The third-order valence-corrected chi connectivity index (χ3v) is 5.57. The standard InChI is InChI=1S/C14H24N2O2/c1-14(13(17)18)5-4-12(14)16-6-2-3-10(9-16)11-7-15-8-11/h10-12,15H,2-9H2,1H3,(H,17,18). The summed E-state index contributed by atoms with van der Waals surface area (Å²) in [7, 11) is 0. The Labute approximate surface area is 109 Å². The van der Waals surface area contributed by atoms with E-state index < -0.39 is 11.4 Å². The summed E-state index contributed by atoms with van der Waals surface area (Å²) in [5, 5.41) is 12.7. The maximum absolute atomic E-state index is 11.4. The Morgan fingerprint density at radius 1 is 1.33 bits per heavy atom. The molecule has 1 saturated carbocycles. The highest BCUT2D eigenvalue weighted by molar-refractivity contribution is 5.76. The van der Waals surface area contributed by atoms with Crippen molar-refractivity contribution in [3.05, 3.63) is 0 Å². The molecule has 102 valence electrons. The second-order valence-corrected chi connectivity index (χ2v) is 6.59. The number of carboxylic acids is 1. The molecule has 2 N–H and O–H groups in total. The van der Waals surface area contributed by atoms with Crippen LogP contribution in [0.2, 0.25) is 0 Å². The van der Waals surface area contributed by atoms with Gasteiger partial charge >= 0.3 is 5.97 Å². The zero-order valence-corrected chi connectivity index (χ0v) is 11.2. The van der Waals surface area contributed by atoms with Crippen LogP contribution >= 0.6 is 0 Å². The van der Waals surface area contributed by atoms with E-state index >= 15 is 0 Å². The third kappa shape index (κ3) is 1.86. The molecular formula is C14H24N2O2. The number of nitrogens with one attached hydrogen (secondary N) is 1. The van der Waals surface area contributed by atoms with Gasteiger partial charge in [-0.1, -0.05) is 0 Å². The van der Waals surface area contributed by atoms with Crippen LogP contribution in [-0.2, 0) is 4.79 Å². The molecule has 3 aliphatic rings. The summed E-state index contributed by atoms with van der Waals surface area (Å²) in [6.07, 6.45) is 4.49. The van der Waals surface area contributed by atoms with Gasteiger partial charge in [-0.2, -0.15) is 0 Å². The fourth-order valence-electron chi connectivity index (χ4n) is 3.89. The molecule has 0 amide bonds. The van der Waals surface area contributed by atoms with Gasteiger partial charge in [-0.3, -0.25) is 9.69 Å². The van der Waals surface area contributed by atoms with Gasteiger partial charge in [0, 0.05) is 12.6 Å². The van der Waals surface area contributed by atoms with Crippen molar-refractivity contribution in [1.29, 1.82) is 0 Å². The number of nitrogens with zero attached hydrogens (tertiary/aromatic N) is 1. The predicted octanol–water partition coefficient (Wildman–Crippen LogP) is 1.17. The van der Waals surface area contributed by atoms with Crippen LogP contribution in [0.4, 0.5) is 0 Å². The molecule has 4 heteroatoms. The minimum atomic E-state index is -0.605. The Bertz CT molecular complexity index is 343. The summed E-state index contributed by atoms with van der Waals surface area (Å²) < 4.78 is 0. The van der Waals surface area contributed by atoms with Crippen molar-refractivity contribution in [1.82, 2.24) is 10.2 Å². The van der Waals surface area contributed by atoms with Crippen molar-refractivity contribution >= 4 is 5.97 Å². The Balaban J connectivity index is 1.63. The van der Waals surface area contributed by atoms with E-state index in [0.717, 1.165) is 37.8 Å². The lowest BCUT2D eigenvalue weighted by molar-refractivity contribution is -0.162. The van der Waals surface area contributed by atoms with Crippen molar-refractivity contribution in [2.45, 2.75) is 38.6 Å². The molecule has 0 aromatic carbocycles. The van der Waals surface area contributed by atoms with E-state index in [4.69, 9.17) is 0 Å². The Hall–Kier alpha value is -0.610. The van der Waals surface area contributed by atoms with E-state index in [9.17, 15) is 9.90 Å². The van der Waals surface area contributed by atoms with Gasteiger partial charge < -0.3 is 10.4 Å². The van der Waals surface area contributed by atoms with Gasteiger partial charge in [-0.25, -0.2) is 0 Å². The fourth-order valence-corrected chi connectivity index (χ4v) is 3.89. The second kappa shape index (κ2) is 4.49. The number of carboxylic acid groups (broad SMARTS) is 1. The van der Waals surface area contributed by atoms with Crippen molar-refractivity contribution in [2.75, 3.05) is 26.2 Å². The van der Waals surface area contributed by atoms with Crippen LogP contribution in [0.1, 0.15) is 32.6 Å². The van der Waals surface area contributed by atoms with E-state index in [0.29, 0.717) is 0 Å². The van der Waals surface area contributed by atoms with Gasteiger partial charge in [0.25, 0.3) is 0 Å². The second-order valence-electron chi connectivity index (χ2n) is 6.59. The van der Waals surface area contributed by atoms with Crippen molar-refractivity contribution in [3.63, 3.8) is 0 Å².